The number of ether oxygens (including phenoxy) is 2. The van der Waals surface area contributed by atoms with E-state index in [2.05, 4.69) is 5.48 Å². The molecular formula is C13H21NO3. The van der Waals surface area contributed by atoms with E-state index >= 15 is 0 Å². The van der Waals surface area contributed by atoms with Gasteiger partial charge >= 0.3 is 0 Å². The third-order valence-electron chi connectivity index (χ3n) is 2.13. The third kappa shape index (κ3) is 4.63. The molecule has 0 heterocycles. The number of hydroxylamine groups is 1. The van der Waals surface area contributed by atoms with Gasteiger partial charge in [0.05, 0.1) is 19.8 Å². The molecule has 0 saturated heterocycles. The predicted octanol–water partition coefficient (Wildman–Crippen LogP) is 2.52. The number of benzene rings is 1. The normalized spacial score (nSPS) is 11.4. The van der Waals surface area contributed by atoms with Crippen LogP contribution in [0.4, 0.5) is 0 Å². The molecule has 1 aromatic rings. The van der Waals surface area contributed by atoms with Crippen molar-refractivity contribution in [2.75, 3.05) is 14.2 Å². The van der Waals surface area contributed by atoms with Gasteiger partial charge in [0.1, 0.15) is 11.5 Å². The monoisotopic (exact) mass is 239 g/mol. The summed E-state index contributed by atoms with van der Waals surface area (Å²) in [6.07, 6.45) is 0. The lowest BCUT2D eigenvalue weighted by Crippen LogP contribution is -2.28. The van der Waals surface area contributed by atoms with Crippen molar-refractivity contribution in [1.29, 1.82) is 0 Å². The minimum atomic E-state index is -0.216. The van der Waals surface area contributed by atoms with E-state index < -0.39 is 0 Å². The molecule has 1 N–H and O–H groups in total. The summed E-state index contributed by atoms with van der Waals surface area (Å²) in [5.74, 6) is 1.62. The van der Waals surface area contributed by atoms with Gasteiger partial charge in [0, 0.05) is 12.1 Å². The van der Waals surface area contributed by atoms with Crippen LogP contribution < -0.4 is 15.0 Å². The molecule has 0 atom stereocenters. The Morgan fingerprint density at radius 1 is 1.12 bits per heavy atom. The van der Waals surface area contributed by atoms with Gasteiger partial charge in [0.15, 0.2) is 0 Å². The largest absolute Gasteiger partial charge is 0.497 e. The van der Waals surface area contributed by atoms with Crippen molar-refractivity contribution in [2.24, 2.45) is 0 Å². The molecular weight excluding hydrogens is 218 g/mol. The lowest BCUT2D eigenvalue weighted by Gasteiger charge is -2.20. The molecule has 0 saturated carbocycles. The Bertz CT molecular complexity index is 358. The van der Waals surface area contributed by atoms with Crippen molar-refractivity contribution in [1.82, 2.24) is 5.48 Å². The summed E-state index contributed by atoms with van der Waals surface area (Å²) in [5.41, 5.74) is 3.71. The highest BCUT2D eigenvalue weighted by Gasteiger charge is 2.11. The van der Waals surface area contributed by atoms with Gasteiger partial charge in [-0.2, -0.15) is 5.48 Å². The van der Waals surface area contributed by atoms with Crippen LogP contribution in [0.2, 0.25) is 0 Å². The minimum Gasteiger partial charge on any atom is -0.497 e. The summed E-state index contributed by atoms with van der Waals surface area (Å²) in [7, 11) is 3.29. The maximum absolute atomic E-state index is 5.46. The molecule has 4 heteroatoms. The fraction of sp³-hybridized carbons (Fsp3) is 0.538. The molecule has 0 aromatic heterocycles. The van der Waals surface area contributed by atoms with Crippen molar-refractivity contribution >= 4 is 0 Å². The van der Waals surface area contributed by atoms with Crippen LogP contribution in [0.25, 0.3) is 0 Å². The summed E-state index contributed by atoms with van der Waals surface area (Å²) in [6.45, 7) is 6.53. The summed E-state index contributed by atoms with van der Waals surface area (Å²) in [6, 6.07) is 5.68. The van der Waals surface area contributed by atoms with E-state index in [1.54, 1.807) is 14.2 Å². The van der Waals surface area contributed by atoms with Crippen molar-refractivity contribution in [3.63, 3.8) is 0 Å². The first kappa shape index (κ1) is 13.8. The maximum Gasteiger partial charge on any atom is 0.123 e. The lowest BCUT2D eigenvalue weighted by molar-refractivity contribution is -0.0759. The van der Waals surface area contributed by atoms with Gasteiger partial charge in [0.2, 0.25) is 0 Å². The lowest BCUT2D eigenvalue weighted by atomic mass is 10.2. The van der Waals surface area contributed by atoms with E-state index in [9.17, 15) is 0 Å². The fourth-order valence-electron chi connectivity index (χ4n) is 1.35. The van der Waals surface area contributed by atoms with E-state index in [-0.39, 0.29) is 5.60 Å². The number of methoxy groups -OCH3 is 2. The third-order valence-corrected chi connectivity index (χ3v) is 2.13. The predicted molar refractivity (Wildman–Crippen MR) is 67.2 cm³/mol. The molecule has 0 aliphatic rings. The topological polar surface area (TPSA) is 39.7 Å². The van der Waals surface area contributed by atoms with Crippen LogP contribution in [-0.2, 0) is 11.4 Å². The summed E-state index contributed by atoms with van der Waals surface area (Å²) in [5, 5.41) is 0. The molecule has 96 valence electrons. The molecule has 17 heavy (non-hydrogen) atoms. The van der Waals surface area contributed by atoms with Gasteiger partial charge in [-0.25, -0.2) is 0 Å². The maximum atomic E-state index is 5.46. The quantitative estimate of drug-likeness (QED) is 0.801. The molecule has 0 bridgehead atoms. The molecule has 0 amide bonds. The average Bonchev–Trinajstić information content (AvgIpc) is 2.27. The molecule has 0 fully saturated rings. The van der Waals surface area contributed by atoms with Gasteiger partial charge in [-0.05, 0) is 39.0 Å². The van der Waals surface area contributed by atoms with Gasteiger partial charge < -0.3 is 9.47 Å². The first-order valence-electron chi connectivity index (χ1n) is 5.58. The van der Waals surface area contributed by atoms with Gasteiger partial charge in [-0.15, -0.1) is 0 Å². The Morgan fingerprint density at radius 3 is 2.35 bits per heavy atom. The van der Waals surface area contributed by atoms with E-state index in [4.69, 9.17) is 14.3 Å². The van der Waals surface area contributed by atoms with Gasteiger partial charge in [-0.1, -0.05) is 0 Å². The van der Waals surface area contributed by atoms with Crippen molar-refractivity contribution < 1.29 is 14.3 Å². The van der Waals surface area contributed by atoms with E-state index in [0.717, 1.165) is 17.1 Å². The second-order valence-corrected chi connectivity index (χ2v) is 4.71. The molecule has 1 rings (SSSR count). The zero-order chi connectivity index (χ0) is 12.9. The first-order chi connectivity index (χ1) is 7.96. The Balaban J connectivity index is 2.68. The van der Waals surface area contributed by atoms with Crippen molar-refractivity contribution in [3.05, 3.63) is 23.8 Å². The minimum absolute atomic E-state index is 0.216. The summed E-state index contributed by atoms with van der Waals surface area (Å²) < 4.78 is 10.5. The molecule has 0 radical (unpaired) electrons. The number of hydrogen-bond acceptors (Lipinski definition) is 4. The smallest absolute Gasteiger partial charge is 0.123 e. The van der Waals surface area contributed by atoms with Crippen molar-refractivity contribution in [3.8, 4) is 11.5 Å². The van der Waals surface area contributed by atoms with E-state index in [1.807, 2.05) is 39.0 Å². The number of rotatable bonds is 5. The first-order valence-corrected chi connectivity index (χ1v) is 5.58. The fourth-order valence-corrected chi connectivity index (χ4v) is 1.35. The van der Waals surface area contributed by atoms with E-state index in [1.165, 1.54) is 0 Å². The Labute approximate surface area is 103 Å². The number of nitrogens with one attached hydrogen (secondary N) is 1. The van der Waals surface area contributed by atoms with Crippen LogP contribution in [0.5, 0.6) is 11.5 Å². The average molecular weight is 239 g/mol. The molecule has 4 nitrogen and oxygen atoms in total. The van der Waals surface area contributed by atoms with Gasteiger partial charge in [-0.3, -0.25) is 4.84 Å². The summed E-state index contributed by atoms with van der Waals surface area (Å²) >= 11 is 0. The van der Waals surface area contributed by atoms with Crippen LogP contribution in [-0.4, -0.2) is 19.8 Å². The van der Waals surface area contributed by atoms with Crippen molar-refractivity contribution in [2.45, 2.75) is 32.9 Å². The zero-order valence-electron chi connectivity index (χ0n) is 11.2. The van der Waals surface area contributed by atoms with Crippen LogP contribution in [0.15, 0.2) is 18.2 Å². The highest BCUT2D eigenvalue weighted by molar-refractivity contribution is 5.40. The van der Waals surface area contributed by atoms with Gasteiger partial charge in [0.25, 0.3) is 0 Å². The molecule has 0 unspecified atom stereocenters. The molecule has 1 aromatic carbocycles. The standard InChI is InChI=1S/C13H21NO3/c1-13(2,3)17-14-9-10-8-11(15-4)6-7-12(10)16-5/h6-8,14H,9H2,1-5H3. The molecule has 0 spiro atoms. The summed E-state index contributed by atoms with van der Waals surface area (Å²) in [4.78, 5) is 5.46. The van der Waals surface area contributed by atoms with Crippen LogP contribution in [0.1, 0.15) is 26.3 Å². The highest BCUT2D eigenvalue weighted by Crippen LogP contribution is 2.23. The molecule has 0 aliphatic carbocycles. The number of hydrogen-bond donors (Lipinski definition) is 1. The Hall–Kier alpha value is -1.26. The van der Waals surface area contributed by atoms with Crippen LogP contribution in [0, 0.1) is 0 Å². The van der Waals surface area contributed by atoms with E-state index in [0.29, 0.717) is 6.54 Å². The Kier molecular flexibility index (Phi) is 4.78. The zero-order valence-corrected chi connectivity index (χ0v) is 11.2. The Morgan fingerprint density at radius 2 is 1.82 bits per heavy atom. The highest BCUT2D eigenvalue weighted by atomic mass is 16.7. The van der Waals surface area contributed by atoms with Crippen LogP contribution in [0.3, 0.4) is 0 Å². The second-order valence-electron chi connectivity index (χ2n) is 4.71. The SMILES string of the molecule is COc1ccc(OC)c(CNOC(C)(C)C)c1. The second kappa shape index (κ2) is 5.89. The van der Waals surface area contributed by atoms with Crippen LogP contribution >= 0.6 is 0 Å². The molecule has 0 aliphatic heterocycles.